The van der Waals surface area contributed by atoms with E-state index in [1.807, 2.05) is 17.0 Å². The fourth-order valence-electron chi connectivity index (χ4n) is 5.46. The first-order chi connectivity index (χ1) is 17.7. The van der Waals surface area contributed by atoms with Crippen molar-refractivity contribution in [2.24, 2.45) is 5.92 Å². The molecule has 3 aromatic carbocycles. The topological polar surface area (TPSA) is 38.8 Å². The highest BCUT2D eigenvalue weighted by Gasteiger charge is 2.23. The molecule has 188 valence electrons. The first-order valence-electron chi connectivity index (χ1n) is 13.4. The van der Waals surface area contributed by atoms with Crippen molar-refractivity contribution in [3.63, 3.8) is 0 Å². The number of carbonyl (C=O) groups is 1. The van der Waals surface area contributed by atoms with Crippen molar-refractivity contribution in [3.8, 4) is 0 Å². The summed E-state index contributed by atoms with van der Waals surface area (Å²) in [6.45, 7) is 7.39. The molecule has 0 atom stereocenters. The number of nitrogens with one attached hydrogen (secondary N) is 1. The molecule has 0 spiro atoms. The minimum absolute atomic E-state index is 0.0170. The van der Waals surface area contributed by atoms with Gasteiger partial charge < -0.3 is 10.2 Å². The molecule has 2 saturated heterocycles. The summed E-state index contributed by atoms with van der Waals surface area (Å²) >= 11 is 0. The highest BCUT2D eigenvalue weighted by Crippen LogP contribution is 2.25. The van der Waals surface area contributed by atoms with Crippen LogP contribution in [0.5, 0.6) is 0 Å². The Bertz CT molecular complexity index is 1090. The molecule has 0 aromatic heterocycles. The van der Waals surface area contributed by atoms with Gasteiger partial charge in [0.05, 0.1) is 0 Å². The Balaban J connectivity index is 1.09. The van der Waals surface area contributed by atoms with Gasteiger partial charge in [0.25, 0.3) is 0 Å². The van der Waals surface area contributed by atoms with E-state index in [9.17, 15) is 4.79 Å². The second kappa shape index (κ2) is 12.2. The zero-order valence-electron chi connectivity index (χ0n) is 21.2. The molecule has 5 rings (SSSR count). The molecule has 2 fully saturated rings. The van der Waals surface area contributed by atoms with Crippen LogP contribution in [0.3, 0.4) is 0 Å². The van der Waals surface area contributed by atoms with Crippen LogP contribution < -0.4 is 5.32 Å². The summed E-state index contributed by atoms with van der Waals surface area (Å²) in [4.78, 5) is 20.0. The lowest BCUT2D eigenvalue weighted by Gasteiger charge is -2.35. The third-order valence-electron chi connectivity index (χ3n) is 7.64. The summed E-state index contributed by atoms with van der Waals surface area (Å²) in [5.74, 6) is 0.763. The van der Waals surface area contributed by atoms with E-state index >= 15 is 0 Å². The SMILES string of the molecule is O=C(Nc1ccccc1CN1CCC(Cc2ccccc2)CC1)N1CCN(Cc2ccccc2)CC1. The van der Waals surface area contributed by atoms with Crippen LogP contribution in [0.2, 0.25) is 0 Å². The molecule has 0 aliphatic carbocycles. The van der Waals surface area contributed by atoms with Crippen molar-refractivity contribution in [2.75, 3.05) is 44.6 Å². The van der Waals surface area contributed by atoms with E-state index < -0.39 is 0 Å². The molecule has 3 aromatic rings. The first kappa shape index (κ1) is 24.5. The third-order valence-corrected chi connectivity index (χ3v) is 7.64. The summed E-state index contributed by atoms with van der Waals surface area (Å²) in [7, 11) is 0. The number of likely N-dealkylation sites (tertiary alicyclic amines) is 1. The van der Waals surface area contributed by atoms with E-state index in [4.69, 9.17) is 0 Å². The van der Waals surface area contributed by atoms with Gasteiger partial charge in [-0.1, -0.05) is 78.9 Å². The van der Waals surface area contributed by atoms with Crippen molar-refractivity contribution >= 4 is 11.7 Å². The maximum atomic E-state index is 13.1. The van der Waals surface area contributed by atoms with Crippen molar-refractivity contribution in [2.45, 2.75) is 32.4 Å². The molecule has 0 saturated carbocycles. The number of amides is 2. The lowest BCUT2D eigenvalue weighted by Crippen LogP contribution is -2.49. The largest absolute Gasteiger partial charge is 0.322 e. The molecule has 36 heavy (non-hydrogen) atoms. The Morgan fingerprint density at radius 3 is 1.94 bits per heavy atom. The first-order valence-corrected chi connectivity index (χ1v) is 13.4. The quantitative estimate of drug-likeness (QED) is 0.484. The van der Waals surface area contributed by atoms with Gasteiger partial charge in [0, 0.05) is 45.0 Å². The van der Waals surface area contributed by atoms with Gasteiger partial charge in [0.15, 0.2) is 0 Å². The number of piperazine rings is 1. The number of anilines is 1. The number of carbonyl (C=O) groups excluding carboxylic acids is 1. The third kappa shape index (κ3) is 6.74. The fraction of sp³-hybridized carbons (Fsp3) is 0.387. The van der Waals surface area contributed by atoms with Gasteiger partial charge in [-0.05, 0) is 61.0 Å². The monoisotopic (exact) mass is 482 g/mol. The van der Waals surface area contributed by atoms with Crippen LogP contribution in [-0.2, 0) is 19.5 Å². The average Bonchev–Trinajstić information content (AvgIpc) is 2.92. The number of rotatable bonds is 7. The van der Waals surface area contributed by atoms with Crippen molar-refractivity contribution in [3.05, 3.63) is 102 Å². The highest BCUT2D eigenvalue weighted by molar-refractivity contribution is 5.90. The van der Waals surface area contributed by atoms with E-state index in [0.29, 0.717) is 0 Å². The van der Waals surface area contributed by atoms with Gasteiger partial charge in [-0.25, -0.2) is 4.79 Å². The Labute approximate surface area is 215 Å². The summed E-state index contributed by atoms with van der Waals surface area (Å²) in [5, 5.41) is 3.22. The van der Waals surface area contributed by atoms with Crippen molar-refractivity contribution < 1.29 is 4.79 Å². The summed E-state index contributed by atoms with van der Waals surface area (Å²) in [6, 6.07) is 29.7. The number of benzene rings is 3. The number of hydrogen-bond donors (Lipinski definition) is 1. The van der Waals surface area contributed by atoms with Crippen LogP contribution >= 0.6 is 0 Å². The van der Waals surface area contributed by atoms with Gasteiger partial charge >= 0.3 is 6.03 Å². The number of piperidine rings is 1. The van der Waals surface area contributed by atoms with Gasteiger partial charge in [0.2, 0.25) is 0 Å². The predicted octanol–water partition coefficient (Wildman–Crippen LogP) is 5.49. The second-order valence-electron chi connectivity index (χ2n) is 10.2. The molecular formula is C31H38N4O. The number of nitrogens with zero attached hydrogens (tertiary/aromatic N) is 3. The zero-order chi connectivity index (χ0) is 24.6. The Morgan fingerprint density at radius 2 is 1.25 bits per heavy atom. The predicted molar refractivity (Wildman–Crippen MR) is 147 cm³/mol. The van der Waals surface area contributed by atoms with Crippen molar-refractivity contribution in [1.82, 2.24) is 14.7 Å². The molecule has 2 heterocycles. The summed E-state index contributed by atoms with van der Waals surface area (Å²) in [5.41, 5.74) is 4.93. The van der Waals surface area contributed by atoms with Gasteiger partial charge in [-0.3, -0.25) is 9.80 Å². The maximum absolute atomic E-state index is 13.1. The standard InChI is InChI=1S/C31H38N4O/c36-31(35-21-19-34(20-22-35)24-28-11-5-2-6-12-28)32-30-14-8-7-13-29(30)25-33-17-15-27(16-18-33)23-26-9-3-1-4-10-26/h1-14,27H,15-25H2,(H,32,36). The maximum Gasteiger partial charge on any atom is 0.321 e. The lowest BCUT2D eigenvalue weighted by molar-refractivity contribution is 0.143. The normalized spacial score (nSPS) is 17.7. The van der Waals surface area contributed by atoms with Gasteiger partial charge in [-0.2, -0.15) is 0 Å². The lowest BCUT2D eigenvalue weighted by atomic mass is 9.90. The van der Waals surface area contributed by atoms with E-state index in [-0.39, 0.29) is 6.03 Å². The van der Waals surface area contributed by atoms with Gasteiger partial charge in [0.1, 0.15) is 0 Å². The molecule has 1 N–H and O–H groups in total. The van der Waals surface area contributed by atoms with Crippen LogP contribution in [0.1, 0.15) is 29.5 Å². The Kier molecular flexibility index (Phi) is 8.32. The fourth-order valence-corrected chi connectivity index (χ4v) is 5.46. The minimum atomic E-state index is 0.0170. The molecule has 2 aliphatic heterocycles. The molecule has 0 unspecified atom stereocenters. The zero-order valence-corrected chi connectivity index (χ0v) is 21.2. The molecule has 2 amide bonds. The van der Waals surface area contributed by atoms with E-state index in [2.05, 4.69) is 87.9 Å². The summed E-state index contributed by atoms with van der Waals surface area (Å²) < 4.78 is 0. The molecule has 5 nitrogen and oxygen atoms in total. The summed E-state index contributed by atoms with van der Waals surface area (Å²) in [6.07, 6.45) is 3.65. The van der Waals surface area contributed by atoms with E-state index in [0.717, 1.165) is 64.0 Å². The van der Waals surface area contributed by atoms with E-state index in [1.165, 1.54) is 36.0 Å². The van der Waals surface area contributed by atoms with Crippen molar-refractivity contribution in [1.29, 1.82) is 0 Å². The van der Waals surface area contributed by atoms with Gasteiger partial charge in [-0.15, -0.1) is 0 Å². The van der Waals surface area contributed by atoms with Crippen LogP contribution in [-0.4, -0.2) is 60.0 Å². The number of urea groups is 1. The van der Waals surface area contributed by atoms with E-state index in [1.54, 1.807) is 0 Å². The van der Waals surface area contributed by atoms with Crippen LogP contribution in [0.25, 0.3) is 0 Å². The molecule has 5 heteroatoms. The molecule has 0 radical (unpaired) electrons. The molecule has 2 aliphatic rings. The Morgan fingerprint density at radius 1 is 0.667 bits per heavy atom. The second-order valence-corrected chi connectivity index (χ2v) is 10.2. The minimum Gasteiger partial charge on any atom is -0.322 e. The smallest absolute Gasteiger partial charge is 0.321 e. The van der Waals surface area contributed by atoms with Crippen LogP contribution in [0.15, 0.2) is 84.9 Å². The number of hydrogen-bond acceptors (Lipinski definition) is 3. The molecule has 0 bridgehead atoms. The van der Waals surface area contributed by atoms with Crippen LogP contribution in [0, 0.1) is 5.92 Å². The highest BCUT2D eigenvalue weighted by atomic mass is 16.2. The average molecular weight is 483 g/mol. The molecular weight excluding hydrogens is 444 g/mol. The van der Waals surface area contributed by atoms with Crippen LogP contribution in [0.4, 0.5) is 10.5 Å². The Hall–Kier alpha value is -3.15. The number of para-hydroxylation sites is 1.